The maximum absolute atomic E-state index is 12.5. The first-order chi connectivity index (χ1) is 11.1. The fourth-order valence-corrected chi connectivity index (χ4v) is 3.01. The largest absolute Gasteiger partial charge is 0.339 e. The van der Waals surface area contributed by atoms with Gasteiger partial charge in [0, 0.05) is 39.6 Å². The van der Waals surface area contributed by atoms with E-state index in [1.165, 1.54) is 0 Å². The van der Waals surface area contributed by atoms with Gasteiger partial charge in [0.2, 0.25) is 11.8 Å². The van der Waals surface area contributed by atoms with Crippen molar-refractivity contribution in [1.29, 1.82) is 0 Å². The number of hydrogen-bond acceptors (Lipinski definition) is 3. The number of amides is 2. The number of piperazine rings is 1. The lowest BCUT2D eigenvalue weighted by Gasteiger charge is -2.34. The molecule has 122 valence electrons. The molecule has 1 aliphatic heterocycles. The average Bonchev–Trinajstić information content (AvgIpc) is 2.95. The first kappa shape index (κ1) is 15.5. The summed E-state index contributed by atoms with van der Waals surface area (Å²) < 4.78 is 1.96. The maximum Gasteiger partial charge on any atom is 0.227 e. The van der Waals surface area contributed by atoms with E-state index >= 15 is 0 Å². The summed E-state index contributed by atoms with van der Waals surface area (Å²) in [5.74, 6) is 0.279. The zero-order chi connectivity index (χ0) is 16.4. The van der Waals surface area contributed by atoms with Crippen LogP contribution >= 0.6 is 0 Å². The zero-order valence-corrected chi connectivity index (χ0v) is 13.7. The summed E-state index contributed by atoms with van der Waals surface area (Å²) in [4.78, 5) is 32.1. The van der Waals surface area contributed by atoms with Crippen LogP contribution in [0.1, 0.15) is 18.9 Å². The number of rotatable bonds is 3. The second-order valence-corrected chi connectivity index (χ2v) is 5.97. The topological polar surface area (TPSA) is 58.4 Å². The van der Waals surface area contributed by atoms with E-state index in [0.29, 0.717) is 39.0 Å². The summed E-state index contributed by atoms with van der Waals surface area (Å²) in [5, 5.41) is 0. The lowest BCUT2D eigenvalue weighted by Crippen LogP contribution is -2.50. The van der Waals surface area contributed by atoms with Gasteiger partial charge in [0.1, 0.15) is 0 Å². The van der Waals surface area contributed by atoms with Crippen LogP contribution in [0.2, 0.25) is 0 Å². The summed E-state index contributed by atoms with van der Waals surface area (Å²) in [5.41, 5.74) is 2.96. The van der Waals surface area contributed by atoms with Crippen LogP contribution in [0.4, 0.5) is 0 Å². The molecule has 3 rings (SSSR count). The van der Waals surface area contributed by atoms with Crippen molar-refractivity contribution >= 4 is 22.8 Å². The number of fused-ring (bicyclic) bond motifs is 1. The Morgan fingerprint density at radius 2 is 1.74 bits per heavy atom. The van der Waals surface area contributed by atoms with Crippen LogP contribution in [0.3, 0.4) is 0 Å². The van der Waals surface area contributed by atoms with Crippen LogP contribution < -0.4 is 0 Å². The average molecular weight is 314 g/mol. The van der Waals surface area contributed by atoms with Crippen molar-refractivity contribution in [3.8, 4) is 0 Å². The number of aryl methyl sites for hydroxylation is 1. The smallest absolute Gasteiger partial charge is 0.227 e. The van der Waals surface area contributed by atoms with Gasteiger partial charge >= 0.3 is 0 Å². The molecule has 0 atom stereocenters. The fourth-order valence-electron chi connectivity index (χ4n) is 3.01. The molecule has 1 aromatic carbocycles. The highest BCUT2D eigenvalue weighted by atomic mass is 16.2. The second-order valence-electron chi connectivity index (χ2n) is 5.97. The molecule has 0 saturated carbocycles. The van der Waals surface area contributed by atoms with Gasteiger partial charge < -0.3 is 14.4 Å². The third kappa shape index (κ3) is 3.21. The van der Waals surface area contributed by atoms with Crippen molar-refractivity contribution in [2.45, 2.75) is 19.8 Å². The highest BCUT2D eigenvalue weighted by Crippen LogP contribution is 2.15. The minimum atomic E-state index is 0.115. The molecule has 0 N–H and O–H groups in total. The van der Waals surface area contributed by atoms with E-state index in [1.807, 2.05) is 46.5 Å². The maximum atomic E-state index is 12.5. The van der Waals surface area contributed by atoms with Crippen molar-refractivity contribution in [2.75, 3.05) is 26.2 Å². The van der Waals surface area contributed by atoms with Gasteiger partial charge in [0.15, 0.2) is 0 Å². The fraction of sp³-hybridized carbons (Fsp3) is 0.471. The molecule has 2 heterocycles. The van der Waals surface area contributed by atoms with Gasteiger partial charge in [-0.2, -0.15) is 0 Å². The summed E-state index contributed by atoms with van der Waals surface area (Å²) >= 11 is 0. The molecule has 23 heavy (non-hydrogen) atoms. The molecule has 0 spiro atoms. The van der Waals surface area contributed by atoms with Crippen molar-refractivity contribution in [1.82, 2.24) is 19.4 Å². The van der Waals surface area contributed by atoms with E-state index < -0.39 is 0 Å². The highest BCUT2D eigenvalue weighted by molar-refractivity contribution is 5.82. The third-order valence-electron chi connectivity index (χ3n) is 4.43. The monoisotopic (exact) mass is 314 g/mol. The van der Waals surface area contributed by atoms with Crippen LogP contribution in [-0.4, -0.2) is 57.3 Å². The van der Waals surface area contributed by atoms with Crippen LogP contribution in [0, 0.1) is 0 Å². The molecule has 1 saturated heterocycles. The molecule has 0 radical (unpaired) electrons. The molecule has 1 aromatic heterocycles. The Balaban J connectivity index is 1.61. The SMILES string of the molecule is CCC(=O)N1CCN(C(=O)Cc2ccc3c(c2)ncn3C)CC1. The molecule has 0 unspecified atom stereocenters. The third-order valence-corrected chi connectivity index (χ3v) is 4.43. The van der Waals surface area contributed by atoms with Crippen LogP contribution in [0.25, 0.3) is 11.0 Å². The first-order valence-corrected chi connectivity index (χ1v) is 8.04. The summed E-state index contributed by atoms with van der Waals surface area (Å²) in [6.45, 7) is 4.38. The lowest BCUT2D eigenvalue weighted by molar-refractivity contribution is -0.139. The molecular weight excluding hydrogens is 292 g/mol. The predicted octanol–water partition coefficient (Wildman–Crippen LogP) is 1.20. The summed E-state index contributed by atoms with van der Waals surface area (Å²) in [7, 11) is 1.96. The molecule has 0 bridgehead atoms. The minimum absolute atomic E-state index is 0.115. The zero-order valence-electron chi connectivity index (χ0n) is 13.7. The standard InChI is InChI=1S/C17H22N4O2/c1-3-16(22)20-6-8-21(9-7-20)17(23)11-13-4-5-15-14(10-13)18-12-19(15)2/h4-5,10,12H,3,6-9,11H2,1-2H3. The first-order valence-electron chi connectivity index (χ1n) is 8.04. The quantitative estimate of drug-likeness (QED) is 0.855. The number of carbonyl (C=O) groups excluding carboxylic acids is 2. The van der Waals surface area contributed by atoms with E-state index in [1.54, 1.807) is 6.33 Å². The number of nitrogens with zero attached hydrogens (tertiary/aromatic N) is 4. The van der Waals surface area contributed by atoms with Gasteiger partial charge in [0.05, 0.1) is 23.8 Å². The Bertz CT molecular complexity index is 729. The summed E-state index contributed by atoms with van der Waals surface area (Å²) in [6, 6.07) is 5.96. The van der Waals surface area contributed by atoms with E-state index in [4.69, 9.17) is 0 Å². The predicted molar refractivity (Wildman–Crippen MR) is 87.9 cm³/mol. The molecule has 1 fully saturated rings. The molecule has 1 aliphatic rings. The summed E-state index contributed by atoms with van der Waals surface area (Å²) in [6.07, 6.45) is 2.69. The van der Waals surface area contributed by atoms with Gasteiger partial charge in [0.25, 0.3) is 0 Å². The Morgan fingerprint density at radius 1 is 1.09 bits per heavy atom. The highest BCUT2D eigenvalue weighted by Gasteiger charge is 2.23. The van der Waals surface area contributed by atoms with E-state index in [-0.39, 0.29) is 11.8 Å². The number of benzene rings is 1. The molecule has 2 amide bonds. The van der Waals surface area contributed by atoms with Crippen molar-refractivity contribution < 1.29 is 9.59 Å². The minimum Gasteiger partial charge on any atom is -0.339 e. The number of carbonyl (C=O) groups is 2. The Kier molecular flexibility index (Phi) is 4.32. The van der Waals surface area contributed by atoms with Crippen LogP contribution in [-0.2, 0) is 23.1 Å². The molecule has 6 nitrogen and oxygen atoms in total. The van der Waals surface area contributed by atoms with Gasteiger partial charge in [-0.15, -0.1) is 0 Å². The van der Waals surface area contributed by atoms with Gasteiger partial charge in [-0.25, -0.2) is 4.98 Å². The lowest BCUT2D eigenvalue weighted by atomic mass is 10.1. The number of hydrogen-bond donors (Lipinski definition) is 0. The van der Waals surface area contributed by atoms with Gasteiger partial charge in [-0.1, -0.05) is 13.0 Å². The molecule has 6 heteroatoms. The normalized spacial score (nSPS) is 15.2. The van der Waals surface area contributed by atoms with Crippen molar-refractivity contribution in [3.63, 3.8) is 0 Å². The number of imidazole rings is 1. The Labute approximate surface area is 135 Å². The van der Waals surface area contributed by atoms with E-state index in [9.17, 15) is 9.59 Å². The molecular formula is C17H22N4O2. The number of aromatic nitrogens is 2. The van der Waals surface area contributed by atoms with Gasteiger partial charge in [-0.3, -0.25) is 9.59 Å². The Morgan fingerprint density at radius 3 is 2.39 bits per heavy atom. The van der Waals surface area contributed by atoms with Crippen LogP contribution in [0.5, 0.6) is 0 Å². The van der Waals surface area contributed by atoms with Crippen LogP contribution in [0.15, 0.2) is 24.5 Å². The van der Waals surface area contributed by atoms with Crippen molar-refractivity contribution in [2.24, 2.45) is 7.05 Å². The van der Waals surface area contributed by atoms with Crippen molar-refractivity contribution in [3.05, 3.63) is 30.1 Å². The van der Waals surface area contributed by atoms with Gasteiger partial charge in [-0.05, 0) is 17.7 Å². The van der Waals surface area contributed by atoms with E-state index in [2.05, 4.69) is 4.98 Å². The molecule has 2 aromatic rings. The Hall–Kier alpha value is -2.37. The van der Waals surface area contributed by atoms with E-state index in [0.717, 1.165) is 16.6 Å². The molecule has 0 aliphatic carbocycles. The second kappa shape index (κ2) is 6.40.